The van der Waals surface area contributed by atoms with Crippen LogP contribution in [0.15, 0.2) is 0 Å². The normalized spacial score (nSPS) is 14.5. The first-order valence-corrected chi connectivity index (χ1v) is 9.02. The molecule has 1 nitrogen and oxygen atoms in total. The molecule has 0 spiro atoms. The molecule has 0 aromatic carbocycles. The molecule has 0 N–H and O–H groups in total. The van der Waals surface area contributed by atoms with Gasteiger partial charge in [-0.15, -0.1) is 0 Å². The van der Waals surface area contributed by atoms with Crippen LogP contribution in [0.1, 0.15) is 91.4 Å². The Hall–Kier alpha value is -0.0400. The van der Waals surface area contributed by atoms with Crippen molar-refractivity contribution in [3.63, 3.8) is 0 Å². The lowest BCUT2D eigenvalue weighted by atomic mass is 10.1. The lowest BCUT2D eigenvalue weighted by Crippen LogP contribution is -2.46. The van der Waals surface area contributed by atoms with Crippen molar-refractivity contribution in [1.29, 1.82) is 0 Å². The van der Waals surface area contributed by atoms with Crippen LogP contribution in [-0.2, 0) is 0 Å². The van der Waals surface area contributed by atoms with Crippen molar-refractivity contribution in [3.05, 3.63) is 0 Å². The fraction of sp³-hybridized carbons (Fsp3) is 1.00. The summed E-state index contributed by atoms with van der Waals surface area (Å²) in [4.78, 5) is 0. The van der Waals surface area contributed by atoms with Crippen LogP contribution in [0.3, 0.4) is 0 Å². The molecule has 0 aromatic rings. The van der Waals surface area contributed by atoms with Gasteiger partial charge in [-0.25, -0.2) is 0 Å². The van der Waals surface area contributed by atoms with Gasteiger partial charge in [0, 0.05) is 0 Å². The zero-order chi connectivity index (χ0) is 14.4. The van der Waals surface area contributed by atoms with E-state index in [9.17, 15) is 0 Å². The second kappa shape index (κ2) is 13.0. The van der Waals surface area contributed by atoms with Crippen molar-refractivity contribution in [3.8, 4) is 0 Å². The molecule has 0 saturated heterocycles. The van der Waals surface area contributed by atoms with Crippen molar-refractivity contribution in [2.45, 2.75) is 91.4 Å². The van der Waals surface area contributed by atoms with Crippen molar-refractivity contribution in [2.75, 3.05) is 26.7 Å². The molecule has 1 heteroatoms. The average Bonchev–Trinajstić information content (AvgIpc) is 2.41. The van der Waals surface area contributed by atoms with Gasteiger partial charge >= 0.3 is 0 Å². The first-order valence-electron chi connectivity index (χ1n) is 9.02. The fourth-order valence-corrected chi connectivity index (χ4v) is 2.89. The lowest BCUT2D eigenvalue weighted by molar-refractivity contribution is -0.910. The van der Waals surface area contributed by atoms with E-state index in [0.29, 0.717) is 0 Å². The highest BCUT2D eigenvalue weighted by atomic mass is 15.3. The molecule has 0 bridgehead atoms. The molecule has 0 radical (unpaired) electrons. The molecule has 1 unspecified atom stereocenters. The highest BCUT2D eigenvalue weighted by molar-refractivity contribution is 4.48. The monoisotopic (exact) mass is 270 g/mol. The van der Waals surface area contributed by atoms with Crippen LogP contribution in [0.4, 0.5) is 0 Å². The minimum absolute atomic E-state index is 1.34. The van der Waals surface area contributed by atoms with Crippen LogP contribution in [0.25, 0.3) is 0 Å². The molecule has 0 saturated carbocycles. The van der Waals surface area contributed by atoms with E-state index in [1.54, 1.807) is 0 Å². The first-order chi connectivity index (χ1) is 9.18. The molecule has 0 fully saturated rings. The third-order valence-electron chi connectivity index (χ3n) is 4.40. The number of unbranched alkanes of at least 4 members (excludes halogenated alkanes) is 8. The molecule has 1 atom stereocenters. The number of rotatable bonds is 14. The highest BCUT2D eigenvalue weighted by Crippen LogP contribution is 2.13. The van der Waals surface area contributed by atoms with Gasteiger partial charge in [-0.05, 0) is 32.1 Å². The molecule has 0 aliphatic carbocycles. The Morgan fingerprint density at radius 1 is 0.474 bits per heavy atom. The molecule has 19 heavy (non-hydrogen) atoms. The zero-order valence-corrected chi connectivity index (χ0v) is 14.3. The molecule has 0 heterocycles. The number of nitrogens with zero attached hydrogens (tertiary/aromatic N) is 1. The number of hydrogen-bond donors (Lipinski definition) is 0. The van der Waals surface area contributed by atoms with Gasteiger partial charge in [0.05, 0.1) is 26.7 Å². The molecule has 0 aliphatic rings. The van der Waals surface area contributed by atoms with Gasteiger partial charge < -0.3 is 4.48 Å². The molecule has 116 valence electrons. The van der Waals surface area contributed by atoms with E-state index in [4.69, 9.17) is 0 Å². The number of quaternary nitrogens is 1. The minimum atomic E-state index is 1.34. The smallest absolute Gasteiger partial charge is 0.0784 e. The van der Waals surface area contributed by atoms with Gasteiger partial charge in [0.2, 0.25) is 0 Å². The standard InChI is InChI=1S/C18H40N/c1-5-8-11-13-15-18-19(4,16-10-7-3)17-14-12-9-6-2/h5-18H2,1-4H3/q+1. The molecular weight excluding hydrogens is 230 g/mol. The van der Waals surface area contributed by atoms with Crippen molar-refractivity contribution >= 4 is 0 Å². The summed E-state index contributed by atoms with van der Waals surface area (Å²) >= 11 is 0. The summed E-state index contributed by atoms with van der Waals surface area (Å²) in [5.74, 6) is 0. The summed E-state index contributed by atoms with van der Waals surface area (Å²) in [6, 6.07) is 0. The van der Waals surface area contributed by atoms with Crippen LogP contribution >= 0.6 is 0 Å². The summed E-state index contributed by atoms with van der Waals surface area (Å²) in [6.07, 6.45) is 15.5. The molecular formula is C18H40N+. The average molecular weight is 271 g/mol. The topological polar surface area (TPSA) is 0 Å². The summed E-state index contributed by atoms with van der Waals surface area (Å²) in [5, 5.41) is 0. The summed E-state index contributed by atoms with van der Waals surface area (Å²) in [7, 11) is 2.50. The minimum Gasteiger partial charge on any atom is -0.326 e. The van der Waals surface area contributed by atoms with Crippen LogP contribution < -0.4 is 0 Å². The Balaban J connectivity index is 3.88. The first kappa shape index (κ1) is 19.0. The summed E-state index contributed by atoms with van der Waals surface area (Å²) in [6.45, 7) is 11.1. The van der Waals surface area contributed by atoms with Crippen LogP contribution in [-0.4, -0.2) is 31.2 Å². The third kappa shape index (κ3) is 11.5. The Labute approximate surface area is 123 Å². The predicted octanol–water partition coefficient (Wildman–Crippen LogP) is 5.78. The predicted molar refractivity (Wildman–Crippen MR) is 88.6 cm³/mol. The van der Waals surface area contributed by atoms with Gasteiger partial charge in [0.25, 0.3) is 0 Å². The van der Waals surface area contributed by atoms with Crippen LogP contribution in [0.5, 0.6) is 0 Å². The largest absolute Gasteiger partial charge is 0.326 e. The van der Waals surface area contributed by atoms with E-state index in [1.807, 2.05) is 0 Å². The van der Waals surface area contributed by atoms with Crippen molar-refractivity contribution in [1.82, 2.24) is 0 Å². The van der Waals surface area contributed by atoms with E-state index in [2.05, 4.69) is 27.8 Å². The number of hydrogen-bond acceptors (Lipinski definition) is 0. The van der Waals surface area contributed by atoms with Crippen molar-refractivity contribution < 1.29 is 4.48 Å². The van der Waals surface area contributed by atoms with Crippen LogP contribution in [0.2, 0.25) is 0 Å². The zero-order valence-electron chi connectivity index (χ0n) is 14.3. The van der Waals surface area contributed by atoms with Gasteiger partial charge in [0.15, 0.2) is 0 Å². The molecule has 0 amide bonds. The van der Waals surface area contributed by atoms with Gasteiger partial charge in [-0.2, -0.15) is 0 Å². The Morgan fingerprint density at radius 2 is 0.842 bits per heavy atom. The van der Waals surface area contributed by atoms with Gasteiger partial charge in [-0.3, -0.25) is 0 Å². The maximum atomic E-state index is 2.50. The van der Waals surface area contributed by atoms with Crippen LogP contribution in [0, 0.1) is 0 Å². The summed E-state index contributed by atoms with van der Waals surface area (Å²) in [5.41, 5.74) is 0. The second-order valence-corrected chi connectivity index (χ2v) is 6.62. The quantitative estimate of drug-likeness (QED) is 0.277. The van der Waals surface area contributed by atoms with E-state index >= 15 is 0 Å². The van der Waals surface area contributed by atoms with E-state index in [1.165, 1.54) is 94.7 Å². The van der Waals surface area contributed by atoms with Crippen molar-refractivity contribution in [2.24, 2.45) is 0 Å². The molecule has 0 aliphatic heterocycles. The summed E-state index contributed by atoms with van der Waals surface area (Å²) < 4.78 is 1.34. The fourth-order valence-electron chi connectivity index (χ4n) is 2.89. The van der Waals surface area contributed by atoms with E-state index in [-0.39, 0.29) is 0 Å². The molecule has 0 aromatic heterocycles. The Kier molecular flexibility index (Phi) is 12.9. The highest BCUT2D eigenvalue weighted by Gasteiger charge is 2.19. The third-order valence-corrected chi connectivity index (χ3v) is 4.40. The van der Waals surface area contributed by atoms with Gasteiger partial charge in [-0.1, -0.05) is 59.3 Å². The lowest BCUT2D eigenvalue weighted by Gasteiger charge is -2.35. The Morgan fingerprint density at radius 3 is 1.32 bits per heavy atom. The Bertz CT molecular complexity index is 179. The van der Waals surface area contributed by atoms with E-state index in [0.717, 1.165) is 0 Å². The molecule has 0 rings (SSSR count). The second-order valence-electron chi connectivity index (χ2n) is 6.62. The SMILES string of the molecule is CCCCCCC[N+](C)(CCCC)CCCCCC. The van der Waals surface area contributed by atoms with E-state index < -0.39 is 0 Å². The maximum absolute atomic E-state index is 2.50. The van der Waals surface area contributed by atoms with Gasteiger partial charge in [0.1, 0.15) is 0 Å². The maximum Gasteiger partial charge on any atom is 0.0784 e.